The fraction of sp³-hybridized carbons (Fsp3) is 0.500. The fourth-order valence-corrected chi connectivity index (χ4v) is 3.74. The molecule has 1 aromatic rings. The van der Waals surface area contributed by atoms with E-state index >= 15 is 0 Å². The van der Waals surface area contributed by atoms with E-state index in [1.165, 1.54) is 0 Å². The molecule has 7 heteroatoms. The van der Waals surface area contributed by atoms with Crippen LogP contribution in [0.1, 0.15) is 53.8 Å². The van der Waals surface area contributed by atoms with Crippen LogP contribution in [-0.4, -0.2) is 47.8 Å². The normalized spacial score (nSPS) is 24.5. The van der Waals surface area contributed by atoms with Crippen LogP contribution in [0.25, 0.3) is 0 Å². The molecule has 0 radical (unpaired) electrons. The van der Waals surface area contributed by atoms with Crippen LogP contribution in [0.5, 0.6) is 0 Å². The molecule has 7 nitrogen and oxygen atoms in total. The lowest BCUT2D eigenvalue weighted by Gasteiger charge is -2.34. The largest absolute Gasteiger partial charge is 0.454 e. The van der Waals surface area contributed by atoms with Crippen molar-refractivity contribution in [3.63, 3.8) is 0 Å². The molecule has 144 valence electrons. The van der Waals surface area contributed by atoms with E-state index in [9.17, 15) is 19.2 Å². The lowest BCUT2D eigenvalue weighted by atomic mass is 9.78. The van der Waals surface area contributed by atoms with Crippen LogP contribution in [0.2, 0.25) is 0 Å². The van der Waals surface area contributed by atoms with Crippen molar-refractivity contribution in [2.75, 3.05) is 13.2 Å². The number of nitrogens with one attached hydrogen (secondary N) is 1. The maximum Gasteiger partial charge on any atom is 0.326 e. The Balaban J connectivity index is 1.48. The number of hydrogen-bond donors (Lipinski definition) is 1. The second kappa shape index (κ2) is 7.90. The van der Waals surface area contributed by atoms with Gasteiger partial charge >= 0.3 is 5.97 Å². The second-order valence-electron chi connectivity index (χ2n) is 7.34. The predicted octanol–water partition coefficient (Wildman–Crippen LogP) is 1.77. The third kappa shape index (κ3) is 4.02. The Labute approximate surface area is 158 Å². The average molecular weight is 372 g/mol. The van der Waals surface area contributed by atoms with Crippen molar-refractivity contribution in [3.8, 4) is 0 Å². The van der Waals surface area contributed by atoms with Gasteiger partial charge in [0.2, 0.25) is 0 Å². The van der Waals surface area contributed by atoms with Crippen LogP contribution in [0.4, 0.5) is 0 Å². The summed E-state index contributed by atoms with van der Waals surface area (Å²) in [6, 6.07) is 6.48. The molecular weight excluding hydrogens is 348 g/mol. The quantitative estimate of drug-likeness (QED) is 0.628. The highest BCUT2D eigenvalue weighted by Crippen LogP contribution is 2.29. The van der Waals surface area contributed by atoms with Gasteiger partial charge in [-0.25, -0.2) is 0 Å². The van der Waals surface area contributed by atoms with Gasteiger partial charge in [0.15, 0.2) is 6.61 Å². The lowest BCUT2D eigenvalue weighted by molar-refractivity contribution is -0.149. The zero-order chi connectivity index (χ0) is 19.6. The highest BCUT2D eigenvalue weighted by atomic mass is 16.5. The molecule has 1 aromatic carbocycles. The Morgan fingerprint density at radius 1 is 1.11 bits per heavy atom. The topological polar surface area (TPSA) is 92.8 Å². The summed E-state index contributed by atoms with van der Waals surface area (Å²) < 4.78 is 4.97. The molecule has 1 heterocycles. The predicted molar refractivity (Wildman–Crippen MR) is 96.9 cm³/mol. The van der Waals surface area contributed by atoms with Gasteiger partial charge in [0.25, 0.3) is 17.7 Å². The monoisotopic (exact) mass is 372 g/mol. The van der Waals surface area contributed by atoms with Gasteiger partial charge < -0.3 is 10.1 Å². The van der Waals surface area contributed by atoms with Gasteiger partial charge in [-0.15, -0.1) is 0 Å². The number of amides is 3. The molecule has 2 aliphatic rings. The first kappa shape index (κ1) is 19.1. The van der Waals surface area contributed by atoms with Crippen molar-refractivity contribution < 1.29 is 23.9 Å². The summed E-state index contributed by atoms with van der Waals surface area (Å²) in [4.78, 5) is 49.4. The molecule has 0 aromatic heterocycles. The van der Waals surface area contributed by atoms with Gasteiger partial charge in [-0.2, -0.15) is 0 Å². The highest BCUT2D eigenvalue weighted by molar-refractivity contribution is 6.22. The van der Waals surface area contributed by atoms with Crippen molar-refractivity contribution in [1.29, 1.82) is 0 Å². The van der Waals surface area contributed by atoms with Crippen LogP contribution >= 0.6 is 0 Å². The standard InChI is InChI=1S/C20H24N2O5/c1-12-6-5-9-16(13(12)2)21-17(23)11-27-18(24)10-22-19(25)14-7-3-4-8-15(14)20(22)26/h3-4,7-8,12-13,16H,5-6,9-11H2,1-2H3,(H,21,23)/t12-,13-,16-/m1/s1. The van der Waals surface area contributed by atoms with Gasteiger partial charge in [-0.05, 0) is 30.4 Å². The molecule has 27 heavy (non-hydrogen) atoms. The molecule has 3 rings (SSSR count). The van der Waals surface area contributed by atoms with Crippen molar-refractivity contribution in [3.05, 3.63) is 35.4 Å². The van der Waals surface area contributed by atoms with Gasteiger partial charge in [-0.3, -0.25) is 24.1 Å². The zero-order valence-corrected chi connectivity index (χ0v) is 15.6. The van der Waals surface area contributed by atoms with E-state index in [1.54, 1.807) is 24.3 Å². The Morgan fingerprint density at radius 3 is 2.37 bits per heavy atom. The van der Waals surface area contributed by atoms with E-state index in [-0.39, 0.29) is 23.1 Å². The van der Waals surface area contributed by atoms with Gasteiger partial charge in [0.1, 0.15) is 6.54 Å². The summed E-state index contributed by atoms with van der Waals surface area (Å²) in [5.41, 5.74) is 0.543. The number of carbonyl (C=O) groups is 4. The van der Waals surface area contributed by atoms with E-state index in [1.807, 2.05) is 0 Å². The number of rotatable bonds is 5. The Kier molecular flexibility index (Phi) is 5.58. The summed E-state index contributed by atoms with van der Waals surface area (Å²) in [5, 5.41) is 2.92. The Morgan fingerprint density at radius 2 is 1.74 bits per heavy atom. The number of imide groups is 1. The molecule has 1 fully saturated rings. The highest BCUT2D eigenvalue weighted by Gasteiger charge is 2.36. The summed E-state index contributed by atoms with van der Waals surface area (Å²) >= 11 is 0. The van der Waals surface area contributed by atoms with Crippen molar-refractivity contribution in [2.24, 2.45) is 11.8 Å². The molecule has 3 atom stereocenters. The van der Waals surface area contributed by atoms with Gasteiger partial charge in [-0.1, -0.05) is 38.8 Å². The number of ether oxygens (including phenoxy) is 1. The number of esters is 1. The molecule has 1 aliphatic heterocycles. The Bertz CT molecular complexity index is 740. The molecule has 1 aliphatic carbocycles. The fourth-order valence-electron chi connectivity index (χ4n) is 3.74. The minimum atomic E-state index is -0.787. The maximum atomic E-state index is 12.2. The first-order chi connectivity index (χ1) is 12.9. The second-order valence-corrected chi connectivity index (χ2v) is 7.34. The van der Waals surface area contributed by atoms with E-state index in [4.69, 9.17) is 4.74 Å². The molecule has 0 spiro atoms. The smallest absolute Gasteiger partial charge is 0.326 e. The number of nitrogens with zero attached hydrogens (tertiary/aromatic N) is 1. The molecule has 0 unspecified atom stereocenters. The molecule has 3 amide bonds. The van der Waals surface area contributed by atoms with E-state index in [2.05, 4.69) is 19.2 Å². The summed E-state index contributed by atoms with van der Waals surface area (Å²) in [6.45, 7) is 3.37. The van der Waals surface area contributed by atoms with Crippen molar-refractivity contribution >= 4 is 23.7 Å². The van der Waals surface area contributed by atoms with Crippen molar-refractivity contribution in [1.82, 2.24) is 10.2 Å². The number of carbonyl (C=O) groups excluding carboxylic acids is 4. The number of hydrogen-bond acceptors (Lipinski definition) is 5. The Hall–Kier alpha value is -2.70. The van der Waals surface area contributed by atoms with Crippen LogP contribution in [0, 0.1) is 11.8 Å². The first-order valence-corrected chi connectivity index (χ1v) is 9.28. The van der Waals surface area contributed by atoms with E-state index < -0.39 is 30.9 Å². The van der Waals surface area contributed by atoms with Crippen LogP contribution in [-0.2, 0) is 14.3 Å². The van der Waals surface area contributed by atoms with Gasteiger partial charge in [0, 0.05) is 6.04 Å². The summed E-state index contributed by atoms with van der Waals surface area (Å²) in [5.74, 6) is -1.29. The van der Waals surface area contributed by atoms with E-state index in [0.717, 1.165) is 24.2 Å². The minimum Gasteiger partial charge on any atom is -0.454 e. The number of benzene rings is 1. The summed E-state index contributed by atoms with van der Waals surface area (Å²) in [6.07, 6.45) is 3.14. The molecule has 1 saturated carbocycles. The van der Waals surface area contributed by atoms with E-state index in [0.29, 0.717) is 11.8 Å². The molecular formula is C20H24N2O5. The zero-order valence-electron chi connectivity index (χ0n) is 15.6. The third-order valence-electron chi connectivity index (χ3n) is 5.58. The average Bonchev–Trinajstić information content (AvgIpc) is 2.89. The van der Waals surface area contributed by atoms with Crippen LogP contribution in [0.3, 0.4) is 0 Å². The van der Waals surface area contributed by atoms with Crippen LogP contribution < -0.4 is 5.32 Å². The lowest BCUT2D eigenvalue weighted by Crippen LogP contribution is -2.45. The molecule has 0 bridgehead atoms. The third-order valence-corrected chi connectivity index (χ3v) is 5.58. The molecule has 1 N–H and O–H groups in total. The van der Waals surface area contributed by atoms with Gasteiger partial charge in [0.05, 0.1) is 11.1 Å². The number of fused-ring (bicyclic) bond motifs is 1. The SMILES string of the molecule is C[C@@H]1[C@H](C)CCC[C@H]1NC(=O)COC(=O)CN1C(=O)c2ccccc2C1=O. The molecule has 0 saturated heterocycles. The van der Waals surface area contributed by atoms with Crippen molar-refractivity contribution in [2.45, 2.75) is 39.2 Å². The van der Waals surface area contributed by atoms with Crippen LogP contribution in [0.15, 0.2) is 24.3 Å². The first-order valence-electron chi connectivity index (χ1n) is 9.28. The minimum absolute atomic E-state index is 0.0798. The summed E-state index contributed by atoms with van der Waals surface area (Å²) in [7, 11) is 0. The maximum absolute atomic E-state index is 12.2.